The van der Waals surface area contributed by atoms with E-state index in [1.54, 1.807) is 6.07 Å². The number of halogens is 1. The van der Waals surface area contributed by atoms with E-state index in [1.807, 2.05) is 26.8 Å². The molecule has 1 aromatic carbocycles. The van der Waals surface area contributed by atoms with Gasteiger partial charge in [-0.25, -0.2) is 4.39 Å². The van der Waals surface area contributed by atoms with Gasteiger partial charge in [-0.2, -0.15) is 0 Å². The van der Waals surface area contributed by atoms with Gasteiger partial charge in [-0.1, -0.05) is 6.07 Å². The van der Waals surface area contributed by atoms with E-state index in [1.165, 1.54) is 6.07 Å². The normalized spacial score (nSPS) is 18.9. The summed E-state index contributed by atoms with van der Waals surface area (Å²) in [6.45, 7) is 9.47. The zero-order chi connectivity index (χ0) is 15.6. The number of nitrogens with two attached hydrogens (primary N) is 1. The molecule has 1 heterocycles. The molecule has 1 aliphatic heterocycles. The summed E-state index contributed by atoms with van der Waals surface area (Å²) in [4.78, 5) is 4.42. The van der Waals surface area contributed by atoms with E-state index in [2.05, 4.69) is 9.80 Å². The van der Waals surface area contributed by atoms with E-state index >= 15 is 0 Å². The summed E-state index contributed by atoms with van der Waals surface area (Å²) in [6.07, 6.45) is 0. The average molecular weight is 295 g/mol. The summed E-state index contributed by atoms with van der Waals surface area (Å²) in [7, 11) is 0. The van der Waals surface area contributed by atoms with Crippen LogP contribution in [0, 0.1) is 5.82 Å². The molecule has 0 bridgehead atoms. The number of benzene rings is 1. The highest BCUT2D eigenvalue weighted by Crippen LogP contribution is 2.28. The van der Waals surface area contributed by atoms with Gasteiger partial charge in [-0.15, -0.1) is 0 Å². The van der Waals surface area contributed by atoms with Crippen molar-refractivity contribution in [1.82, 2.24) is 4.90 Å². The Morgan fingerprint density at radius 3 is 2.43 bits per heavy atom. The first-order chi connectivity index (χ1) is 9.78. The highest BCUT2D eigenvalue weighted by molar-refractivity contribution is 5.55. The maximum Gasteiger partial charge on any atom is 0.130 e. The second kappa shape index (κ2) is 6.30. The number of nitrogens with zero attached hydrogens (tertiary/aromatic N) is 2. The predicted molar refractivity (Wildman–Crippen MR) is 84.0 cm³/mol. The first-order valence-corrected chi connectivity index (χ1v) is 7.51. The van der Waals surface area contributed by atoms with Crippen LogP contribution < -0.4 is 10.6 Å². The number of rotatable bonds is 4. The molecule has 0 radical (unpaired) electrons. The fraction of sp³-hybridized carbons (Fsp3) is 0.625. The van der Waals surface area contributed by atoms with Gasteiger partial charge in [0, 0.05) is 50.0 Å². The average Bonchev–Trinajstić information content (AvgIpc) is 2.37. The fourth-order valence-electron chi connectivity index (χ4n) is 2.95. The molecule has 3 N–H and O–H groups in total. The van der Waals surface area contributed by atoms with Gasteiger partial charge in [-0.3, -0.25) is 4.90 Å². The minimum atomic E-state index is -0.683. The molecule has 1 saturated heterocycles. The molecule has 0 aliphatic carbocycles. The SMILES string of the molecule is C[C@H](N)c1c(F)cccc1N1CCN(CC(C)(C)O)CC1. The van der Waals surface area contributed by atoms with Crippen LogP contribution in [0.2, 0.25) is 0 Å². The molecule has 0 aromatic heterocycles. The Kier molecular flexibility index (Phi) is 4.86. The number of β-amino-alcohol motifs (C(OH)–C–C–N with tert-alkyl or cyclic N) is 1. The van der Waals surface area contributed by atoms with Crippen LogP contribution in [-0.4, -0.2) is 48.3 Å². The third-order valence-corrected chi connectivity index (χ3v) is 3.81. The van der Waals surface area contributed by atoms with Gasteiger partial charge in [0.25, 0.3) is 0 Å². The largest absolute Gasteiger partial charge is 0.389 e. The molecule has 1 aromatic rings. The molecule has 0 amide bonds. The van der Waals surface area contributed by atoms with E-state index < -0.39 is 5.60 Å². The van der Waals surface area contributed by atoms with E-state index in [0.717, 1.165) is 31.9 Å². The number of hydrogen-bond donors (Lipinski definition) is 2. The minimum absolute atomic E-state index is 0.235. The molecular weight excluding hydrogens is 269 g/mol. The molecule has 0 spiro atoms. The van der Waals surface area contributed by atoms with E-state index in [4.69, 9.17) is 5.73 Å². The molecule has 1 aliphatic rings. The standard InChI is InChI=1S/C16H26FN3O/c1-12(18)15-13(17)5-4-6-14(15)20-9-7-19(8-10-20)11-16(2,3)21/h4-6,12,21H,7-11,18H2,1-3H3/t12-/m0/s1. The van der Waals surface area contributed by atoms with Gasteiger partial charge in [0.2, 0.25) is 0 Å². The second-order valence-corrected chi connectivity index (χ2v) is 6.54. The van der Waals surface area contributed by atoms with Crippen LogP contribution in [-0.2, 0) is 0 Å². The Morgan fingerprint density at radius 2 is 1.90 bits per heavy atom. The summed E-state index contributed by atoms with van der Waals surface area (Å²) < 4.78 is 14.0. The van der Waals surface area contributed by atoms with Crippen molar-refractivity contribution in [3.63, 3.8) is 0 Å². The number of piperazine rings is 1. The lowest BCUT2D eigenvalue weighted by molar-refractivity contribution is 0.0345. The van der Waals surface area contributed by atoms with Crippen LogP contribution >= 0.6 is 0 Å². The van der Waals surface area contributed by atoms with Gasteiger partial charge in [0.1, 0.15) is 5.82 Å². The lowest BCUT2D eigenvalue weighted by Crippen LogP contribution is -2.50. The summed E-state index contributed by atoms with van der Waals surface area (Å²) in [5.41, 5.74) is 6.73. The van der Waals surface area contributed by atoms with Crippen LogP contribution in [0.3, 0.4) is 0 Å². The molecule has 118 valence electrons. The number of hydrogen-bond acceptors (Lipinski definition) is 4. The Balaban J connectivity index is 2.08. The predicted octanol–water partition coefficient (Wildman–Crippen LogP) is 1.74. The van der Waals surface area contributed by atoms with Crippen LogP contribution in [0.25, 0.3) is 0 Å². The van der Waals surface area contributed by atoms with Crippen molar-refractivity contribution in [3.8, 4) is 0 Å². The Hall–Kier alpha value is -1.17. The van der Waals surface area contributed by atoms with Gasteiger partial charge in [-0.05, 0) is 32.9 Å². The summed E-state index contributed by atoms with van der Waals surface area (Å²) in [6, 6.07) is 4.82. The molecule has 0 unspecified atom stereocenters. The van der Waals surface area contributed by atoms with Crippen molar-refractivity contribution < 1.29 is 9.50 Å². The number of anilines is 1. The summed E-state index contributed by atoms with van der Waals surface area (Å²) in [5.74, 6) is -0.235. The Morgan fingerprint density at radius 1 is 1.29 bits per heavy atom. The van der Waals surface area contributed by atoms with Crippen LogP contribution in [0.1, 0.15) is 32.4 Å². The van der Waals surface area contributed by atoms with Crippen molar-refractivity contribution >= 4 is 5.69 Å². The van der Waals surface area contributed by atoms with Crippen LogP contribution in [0.5, 0.6) is 0 Å². The maximum absolute atomic E-state index is 14.0. The zero-order valence-corrected chi connectivity index (χ0v) is 13.1. The fourth-order valence-corrected chi connectivity index (χ4v) is 2.95. The van der Waals surface area contributed by atoms with Gasteiger partial charge >= 0.3 is 0 Å². The van der Waals surface area contributed by atoms with Crippen molar-refractivity contribution in [2.24, 2.45) is 5.73 Å². The lowest BCUT2D eigenvalue weighted by Gasteiger charge is -2.39. The highest BCUT2D eigenvalue weighted by atomic mass is 19.1. The first kappa shape index (κ1) is 16.2. The van der Waals surface area contributed by atoms with E-state index in [-0.39, 0.29) is 11.9 Å². The first-order valence-electron chi connectivity index (χ1n) is 7.51. The summed E-state index contributed by atoms with van der Waals surface area (Å²) in [5, 5.41) is 9.88. The van der Waals surface area contributed by atoms with Crippen LogP contribution in [0.4, 0.5) is 10.1 Å². The lowest BCUT2D eigenvalue weighted by atomic mass is 10.0. The molecule has 0 saturated carbocycles. The van der Waals surface area contributed by atoms with Gasteiger partial charge in [0.05, 0.1) is 5.60 Å². The highest BCUT2D eigenvalue weighted by Gasteiger charge is 2.25. The van der Waals surface area contributed by atoms with Crippen LogP contribution in [0.15, 0.2) is 18.2 Å². The molecule has 5 heteroatoms. The minimum Gasteiger partial charge on any atom is -0.389 e. The number of aliphatic hydroxyl groups is 1. The molecule has 2 rings (SSSR count). The van der Waals surface area contributed by atoms with E-state index in [0.29, 0.717) is 12.1 Å². The van der Waals surface area contributed by atoms with Crippen molar-refractivity contribution in [2.45, 2.75) is 32.4 Å². The molecule has 1 fully saturated rings. The van der Waals surface area contributed by atoms with Crippen molar-refractivity contribution in [3.05, 3.63) is 29.6 Å². The quantitative estimate of drug-likeness (QED) is 0.888. The molecule has 1 atom stereocenters. The molecular formula is C16H26FN3O. The monoisotopic (exact) mass is 295 g/mol. The maximum atomic E-state index is 14.0. The van der Waals surface area contributed by atoms with E-state index in [9.17, 15) is 9.50 Å². The third kappa shape index (κ3) is 4.15. The Bertz CT molecular complexity index is 477. The third-order valence-electron chi connectivity index (χ3n) is 3.81. The topological polar surface area (TPSA) is 52.7 Å². The summed E-state index contributed by atoms with van der Waals surface area (Å²) >= 11 is 0. The van der Waals surface area contributed by atoms with Crippen molar-refractivity contribution in [2.75, 3.05) is 37.6 Å². The zero-order valence-electron chi connectivity index (χ0n) is 13.1. The van der Waals surface area contributed by atoms with Crippen molar-refractivity contribution in [1.29, 1.82) is 0 Å². The smallest absolute Gasteiger partial charge is 0.130 e. The van der Waals surface area contributed by atoms with Gasteiger partial charge in [0.15, 0.2) is 0 Å². The second-order valence-electron chi connectivity index (χ2n) is 6.54. The molecule has 4 nitrogen and oxygen atoms in total. The molecule has 21 heavy (non-hydrogen) atoms. The van der Waals surface area contributed by atoms with Gasteiger partial charge < -0.3 is 15.7 Å². The Labute approximate surface area is 126 Å².